The lowest BCUT2D eigenvalue weighted by molar-refractivity contribution is 1.23. The molecule has 1 heterocycles. The van der Waals surface area contributed by atoms with Gasteiger partial charge in [0.1, 0.15) is 5.01 Å². The molecule has 0 aliphatic carbocycles. The van der Waals surface area contributed by atoms with Gasteiger partial charge in [-0.3, -0.25) is 0 Å². The van der Waals surface area contributed by atoms with E-state index in [0.717, 1.165) is 33.1 Å². The Bertz CT molecular complexity index is 978. The molecule has 0 saturated heterocycles. The molecule has 4 rings (SSSR count). The first-order valence-corrected chi connectivity index (χ1v) is 8.84. The molecule has 4 aromatic rings. The van der Waals surface area contributed by atoms with Crippen LogP contribution in [0.15, 0.2) is 101 Å². The molecule has 0 amide bonds. The molecule has 1 aromatic heterocycles. The Balaban J connectivity index is 1.79. The van der Waals surface area contributed by atoms with Gasteiger partial charge in [-0.05, 0) is 35.9 Å². The first-order chi connectivity index (χ1) is 12.4. The first-order valence-electron chi connectivity index (χ1n) is 7.96. The lowest BCUT2D eigenvalue weighted by Crippen LogP contribution is -1.82. The fraction of sp³-hybridized carbons (Fsp3) is 0. The molecule has 120 valence electrons. The number of hydrogen-bond donors (Lipinski definition) is 0. The van der Waals surface area contributed by atoms with Gasteiger partial charge in [0.05, 0.1) is 11.4 Å². The van der Waals surface area contributed by atoms with Crippen molar-refractivity contribution in [1.82, 2.24) is 4.98 Å². The molecule has 0 atom stereocenters. The summed E-state index contributed by atoms with van der Waals surface area (Å²) in [7, 11) is 0. The number of thiazole rings is 1. The van der Waals surface area contributed by atoms with Crippen molar-refractivity contribution in [3.05, 3.63) is 90.4 Å². The summed E-state index contributed by atoms with van der Waals surface area (Å²) in [5.74, 6) is 0. The molecule has 0 spiro atoms. The zero-order valence-corrected chi connectivity index (χ0v) is 14.2. The molecule has 25 heavy (non-hydrogen) atoms. The van der Waals surface area contributed by atoms with Crippen LogP contribution in [0.4, 0.5) is 11.4 Å². The molecule has 0 aliphatic heterocycles. The standard InChI is InChI=1S/C21H15N3S/c1-3-7-16(8-4-1)19-15-17(21-22-13-14-25-21)11-12-20(19)24-23-18-9-5-2-6-10-18/h1-15H. The molecule has 0 unspecified atom stereocenters. The number of rotatable bonds is 4. The van der Waals surface area contributed by atoms with E-state index in [9.17, 15) is 0 Å². The Labute approximate surface area is 150 Å². The van der Waals surface area contributed by atoms with E-state index in [2.05, 4.69) is 33.4 Å². The lowest BCUT2D eigenvalue weighted by atomic mass is 10.0. The lowest BCUT2D eigenvalue weighted by Gasteiger charge is -2.07. The van der Waals surface area contributed by atoms with Crippen LogP contribution in [-0.4, -0.2) is 4.98 Å². The smallest absolute Gasteiger partial charge is 0.123 e. The average Bonchev–Trinajstić information content (AvgIpc) is 3.23. The maximum Gasteiger partial charge on any atom is 0.123 e. The van der Waals surface area contributed by atoms with Crippen LogP contribution in [-0.2, 0) is 0 Å². The van der Waals surface area contributed by atoms with Crippen molar-refractivity contribution in [3.63, 3.8) is 0 Å². The van der Waals surface area contributed by atoms with Gasteiger partial charge in [-0.25, -0.2) is 4.98 Å². The fourth-order valence-corrected chi connectivity index (χ4v) is 3.21. The molecule has 3 nitrogen and oxygen atoms in total. The van der Waals surface area contributed by atoms with E-state index >= 15 is 0 Å². The Kier molecular flexibility index (Phi) is 4.44. The predicted octanol–water partition coefficient (Wildman–Crippen LogP) is 6.89. The van der Waals surface area contributed by atoms with E-state index < -0.39 is 0 Å². The second kappa shape index (κ2) is 7.20. The number of nitrogens with zero attached hydrogens (tertiary/aromatic N) is 3. The van der Waals surface area contributed by atoms with Crippen LogP contribution >= 0.6 is 11.3 Å². The molecular formula is C21H15N3S. The number of azo groups is 1. The zero-order chi connectivity index (χ0) is 16.9. The Morgan fingerprint density at radius 3 is 2.20 bits per heavy atom. The van der Waals surface area contributed by atoms with Crippen LogP contribution in [0.2, 0.25) is 0 Å². The van der Waals surface area contributed by atoms with E-state index in [0.29, 0.717) is 0 Å². The van der Waals surface area contributed by atoms with E-state index in [1.165, 1.54) is 0 Å². The van der Waals surface area contributed by atoms with Crippen molar-refractivity contribution in [1.29, 1.82) is 0 Å². The molecule has 0 aliphatic rings. The van der Waals surface area contributed by atoms with Crippen molar-refractivity contribution >= 4 is 22.7 Å². The van der Waals surface area contributed by atoms with Gasteiger partial charge in [0.25, 0.3) is 0 Å². The monoisotopic (exact) mass is 341 g/mol. The zero-order valence-electron chi connectivity index (χ0n) is 13.4. The molecule has 0 fully saturated rings. The quantitative estimate of drug-likeness (QED) is 0.372. The number of benzene rings is 3. The van der Waals surface area contributed by atoms with Crippen molar-refractivity contribution in [2.24, 2.45) is 10.2 Å². The summed E-state index contributed by atoms with van der Waals surface area (Å²) in [6, 6.07) is 26.2. The third-order valence-electron chi connectivity index (χ3n) is 3.79. The van der Waals surface area contributed by atoms with E-state index in [1.807, 2.05) is 72.2 Å². The minimum Gasteiger partial charge on any atom is -0.245 e. The first kappa shape index (κ1) is 15.4. The summed E-state index contributed by atoms with van der Waals surface area (Å²) in [5, 5.41) is 11.8. The van der Waals surface area contributed by atoms with Gasteiger partial charge >= 0.3 is 0 Å². The molecule has 0 N–H and O–H groups in total. The van der Waals surface area contributed by atoms with Gasteiger partial charge < -0.3 is 0 Å². The average molecular weight is 341 g/mol. The number of hydrogen-bond acceptors (Lipinski definition) is 4. The van der Waals surface area contributed by atoms with Crippen LogP contribution in [0, 0.1) is 0 Å². The van der Waals surface area contributed by atoms with Gasteiger partial charge in [0.15, 0.2) is 0 Å². The van der Waals surface area contributed by atoms with Crippen LogP contribution in [0.3, 0.4) is 0 Å². The molecule has 4 heteroatoms. The Hall–Kier alpha value is -3.11. The topological polar surface area (TPSA) is 37.6 Å². The number of aromatic nitrogens is 1. The summed E-state index contributed by atoms with van der Waals surface area (Å²) >= 11 is 1.63. The van der Waals surface area contributed by atoms with Gasteiger partial charge in [-0.15, -0.1) is 16.5 Å². The SMILES string of the molecule is c1ccc(N=Nc2ccc(-c3nccs3)cc2-c2ccccc2)cc1. The van der Waals surface area contributed by atoms with Gasteiger partial charge in [-0.1, -0.05) is 48.5 Å². The van der Waals surface area contributed by atoms with Crippen LogP contribution in [0.25, 0.3) is 21.7 Å². The van der Waals surface area contributed by atoms with Crippen molar-refractivity contribution < 1.29 is 0 Å². The Morgan fingerprint density at radius 2 is 1.48 bits per heavy atom. The molecular weight excluding hydrogens is 326 g/mol. The highest BCUT2D eigenvalue weighted by molar-refractivity contribution is 7.13. The second-order valence-corrected chi connectivity index (χ2v) is 6.37. The summed E-state index contributed by atoms with van der Waals surface area (Å²) < 4.78 is 0. The molecule has 3 aromatic carbocycles. The predicted molar refractivity (Wildman–Crippen MR) is 104 cm³/mol. The third kappa shape index (κ3) is 3.54. The van der Waals surface area contributed by atoms with Crippen LogP contribution in [0.5, 0.6) is 0 Å². The van der Waals surface area contributed by atoms with Gasteiger partial charge in [-0.2, -0.15) is 5.11 Å². The van der Waals surface area contributed by atoms with E-state index in [1.54, 1.807) is 11.3 Å². The molecule has 0 saturated carbocycles. The van der Waals surface area contributed by atoms with Crippen LogP contribution in [0.1, 0.15) is 0 Å². The summed E-state index contributed by atoms with van der Waals surface area (Å²) in [6.07, 6.45) is 1.82. The highest BCUT2D eigenvalue weighted by Crippen LogP contribution is 2.35. The van der Waals surface area contributed by atoms with Crippen molar-refractivity contribution in [2.45, 2.75) is 0 Å². The maximum atomic E-state index is 4.48. The highest BCUT2D eigenvalue weighted by Gasteiger charge is 2.09. The maximum absolute atomic E-state index is 4.48. The Morgan fingerprint density at radius 1 is 0.720 bits per heavy atom. The fourth-order valence-electron chi connectivity index (χ4n) is 2.58. The third-order valence-corrected chi connectivity index (χ3v) is 4.61. The van der Waals surface area contributed by atoms with E-state index in [4.69, 9.17) is 0 Å². The minimum atomic E-state index is 0.838. The summed E-state index contributed by atoms with van der Waals surface area (Å²) in [5.41, 5.74) is 4.93. The normalized spacial score (nSPS) is 11.0. The largest absolute Gasteiger partial charge is 0.245 e. The van der Waals surface area contributed by atoms with Gasteiger partial charge in [0.2, 0.25) is 0 Å². The van der Waals surface area contributed by atoms with Crippen molar-refractivity contribution in [2.75, 3.05) is 0 Å². The minimum absolute atomic E-state index is 0.838. The highest BCUT2D eigenvalue weighted by atomic mass is 32.1. The van der Waals surface area contributed by atoms with Crippen LogP contribution < -0.4 is 0 Å². The summed E-state index contributed by atoms with van der Waals surface area (Å²) in [4.78, 5) is 4.41. The second-order valence-electron chi connectivity index (χ2n) is 5.47. The van der Waals surface area contributed by atoms with Gasteiger partial charge in [0, 0.05) is 22.7 Å². The van der Waals surface area contributed by atoms with E-state index in [-0.39, 0.29) is 0 Å². The van der Waals surface area contributed by atoms with Crippen molar-refractivity contribution in [3.8, 4) is 21.7 Å². The molecule has 0 bridgehead atoms. The summed E-state index contributed by atoms with van der Waals surface area (Å²) in [6.45, 7) is 0. The molecule has 0 radical (unpaired) electrons.